The fourth-order valence-corrected chi connectivity index (χ4v) is 2.91. The van der Waals surface area contributed by atoms with E-state index in [-0.39, 0.29) is 24.5 Å². The van der Waals surface area contributed by atoms with Crippen LogP contribution in [0.1, 0.15) is 37.0 Å². The van der Waals surface area contributed by atoms with Gasteiger partial charge in [-0.3, -0.25) is 4.79 Å². The van der Waals surface area contributed by atoms with Crippen LogP contribution in [0.4, 0.5) is 0 Å². The third-order valence-corrected chi connectivity index (χ3v) is 4.62. The molecule has 5 nitrogen and oxygen atoms in total. The van der Waals surface area contributed by atoms with Crippen molar-refractivity contribution in [2.24, 2.45) is 0 Å². The smallest absolute Gasteiger partial charge is 0.224 e. The van der Waals surface area contributed by atoms with Gasteiger partial charge in [-0.2, -0.15) is 0 Å². The molecule has 0 fully saturated rings. The Kier molecular flexibility index (Phi) is 6.34. The van der Waals surface area contributed by atoms with Crippen LogP contribution >= 0.6 is 11.3 Å². The van der Waals surface area contributed by atoms with Gasteiger partial charge in [0.15, 0.2) is 0 Å². The molecule has 0 atom stereocenters. The quantitative estimate of drug-likeness (QED) is 0.807. The maximum atomic E-state index is 11.6. The van der Waals surface area contributed by atoms with Gasteiger partial charge in [0, 0.05) is 17.3 Å². The molecule has 0 aliphatic rings. The fraction of sp³-hybridized carbons (Fsp3) is 0.444. The number of amides is 1. The van der Waals surface area contributed by atoms with E-state index in [2.05, 4.69) is 31.1 Å². The number of hydrogen-bond donors (Lipinski definition) is 2. The number of carbonyl (C=O) groups excluding carboxylic acids is 1. The molecule has 0 spiro atoms. The Bertz CT molecular complexity index is 660. The summed E-state index contributed by atoms with van der Waals surface area (Å²) in [6.07, 6.45) is 0.293. The molecule has 0 aliphatic heterocycles. The number of aliphatic hydroxyl groups is 1. The number of hydrogen-bond acceptors (Lipinski definition) is 5. The molecule has 1 aromatic carbocycles. The number of carbonyl (C=O) groups is 1. The molecule has 0 saturated heterocycles. The summed E-state index contributed by atoms with van der Waals surface area (Å²) in [7, 11) is 0. The van der Waals surface area contributed by atoms with Crippen molar-refractivity contribution >= 4 is 17.2 Å². The van der Waals surface area contributed by atoms with Crippen LogP contribution in [0.5, 0.6) is 5.75 Å². The largest absolute Gasteiger partial charge is 0.487 e. The van der Waals surface area contributed by atoms with Crippen molar-refractivity contribution in [3.8, 4) is 5.75 Å². The Morgan fingerprint density at radius 3 is 2.58 bits per heavy atom. The fourth-order valence-electron chi connectivity index (χ4n) is 2.02. The van der Waals surface area contributed by atoms with Gasteiger partial charge in [0.1, 0.15) is 12.4 Å². The first-order valence-corrected chi connectivity index (χ1v) is 8.80. The molecular formula is C18H24N2O3S. The average molecular weight is 348 g/mol. The van der Waals surface area contributed by atoms with Gasteiger partial charge in [0.25, 0.3) is 0 Å². The SMILES string of the molecule is CC(C)(C)c1nc(COc2ccc(CC(=O)NCCO)cc2)cs1. The molecule has 2 rings (SSSR count). The number of benzene rings is 1. The molecule has 0 unspecified atom stereocenters. The maximum absolute atomic E-state index is 11.6. The van der Waals surface area contributed by atoms with Crippen LogP contribution in [-0.2, 0) is 23.2 Å². The van der Waals surface area contributed by atoms with Crippen LogP contribution in [0.25, 0.3) is 0 Å². The Morgan fingerprint density at radius 2 is 2.00 bits per heavy atom. The van der Waals surface area contributed by atoms with E-state index in [0.29, 0.717) is 13.0 Å². The Morgan fingerprint density at radius 1 is 1.29 bits per heavy atom. The minimum absolute atomic E-state index is 0.0495. The highest BCUT2D eigenvalue weighted by molar-refractivity contribution is 7.09. The van der Waals surface area contributed by atoms with Gasteiger partial charge in [-0.25, -0.2) is 4.98 Å². The molecule has 2 aromatic rings. The Labute approximate surface area is 146 Å². The van der Waals surface area contributed by atoms with Crippen LogP contribution in [0.2, 0.25) is 0 Å². The third kappa shape index (κ3) is 5.62. The van der Waals surface area contributed by atoms with E-state index in [1.807, 2.05) is 29.6 Å². The van der Waals surface area contributed by atoms with Crippen molar-refractivity contribution in [2.45, 2.75) is 39.2 Å². The van der Waals surface area contributed by atoms with Crippen LogP contribution in [-0.4, -0.2) is 29.1 Å². The zero-order valence-corrected chi connectivity index (χ0v) is 15.2. The van der Waals surface area contributed by atoms with Crippen molar-refractivity contribution < 1.29 is 14.6 Å². The minimum atomic E-state index is -0.102. The van der Waals surface area contributed by atoms with Crippen LogP contribution in [0.15, 0.2) is 29.6 Å². The monoisotopic (exact) mass is 348 g/mol. The number of nitrogens with one attached hydrogen (secondary N) is 1. The van der Waals surface area contributed by atoms with Crippen molar-refractivity contribution in [1.29, 1.82) is 0 Å². The van der Waals surface area contributed by atoms with E-state index < -0.39 is 0 Å². The van der Waals surface area contributed by atoms with E-state index in [4.69, 9.17) is 9.84 Å². The molecule has 130 valence electrons. The molecule has 0 aliphatic carbocycles. The average Bonchev–Trinajstić information content (AvgIpc) is 3.01. The number of aliphatic hydroxyl groups excluding tert-OH is 1. The molecule has 0 bridgehead atoms. The van der Waals surface area contributed by atoms with E-state index >= 15 is 0 Å². The summed E-state index contributed by atoms with van der Waals surface area (Å²) in [5.41, 5.74) is 1.89. The number of rotatable bonds is 7. The van der Waals surface area contributed by atoms with Crippen LogP contribution in [0.3, 0.4) is 0 Å². The van der Waals surface area contributed by atoms with Gasteiger partial charge >= 0.3 is 0 Å². The number of ether oxygens (including phenoxy) is 1. The molecule has 24 heavy (non-hydrogen) atoms. The van der Waals surface area contributed by atoms with Crippen molar-refractivity contribution in [2.75, 3.05) is 13.2 Å². The highest BCUT2D eigenvalue weighted by atomic mass is 32.1. The highest BCUT2D eigenvalue weighted by Gasteiger charge is 2.18. The molecule has 0 saturated carbocycles. The lowest BCUT2D eigenvalue weighted by Crippen LogP contribution is -2.27. The zero-order valence-electron chi connectivity index (χ0n) is 14.3. The Balaban J connectivity index is 1.85. The highest BCUT2D eigenvalue weighted by Crippen LogP contribution is 2.26. The summed E-state index contributed by atoms with van der Waals surface area (Å²) in [6, 6.07) is 7.45. The van der Waals surface area contributed by atoms with Gasteiger partial charge in [-0.05, 0) is 17.7 Å². The summed E-state index contributed by atoms with van der Waals surface area (Å²) in [6.45, 7) is 7.10. The van der Waals surface area contributed by atoms with E-state index in [1.54, 1.807) is 11.3 Å². The first-order valence-electron chi connectivity index (χ1n) is 7.92. The second-order valence-corrected chi connectivity index (χ2v) is 7.44. The second-order valence-electron chi connectivity index (χ2n) is 6.58. The number of thiazole rings is 1. The normalized spacial score (nSPS) is 11.3. The lowest BCUT2D eigenvalue weighted by Gasteiger charge is -2.13. The van der Waals surface area contributed by atoms with Crippen LogP contribution in [0, 0.1) is 0 Å². The molecule has 2 N–H and O–H groups in total. The summed E-state index contributed by atoms with van der Waals surface area (Å²) >= 11 is 1.65. The second kappa shape index (κ2) is 8.26. The van der Waals surface area contributed by atoms with Crippen molar-refractivity contribution in [3.63, 3.8) is 0 Å². The van der Waals surface area contributed by atoms with Gasteiger partial charge in [0.05, 0.1) is 23.7 Å². The molecular weight excluding hydrogens is 324 g/mol. The summed E-state index contributed by atoms with van der Waals surface area (Å²) in [4.78, 5) is 16.2. The number of nitrogens with zero attached hydrogens (tertiary/aromatic N) is 1. The van der Waals surface area contributed by atoms with Crippen molar-refractivity contribution in [1.82, 2.24) is 10.3 Å². The predicted octanol–water partition coefficient (Wildman–Crippen LogP) is 2.67. The summed E-state index contributed by atoms with van der Waals surface area (Å²) in [5, 5.41) is 14.4. The molecule has 1 heterocycles. The standard InChI is InChI=1S/C18H24N2O3S/c1-18(2,3)17-20-14(12-24-17)11-23-15-6-4-13(5-7-15)10-16(22)19-8-9-21/h4-7,12,21H,8-11H2,1-3H3,(H,19,22). The topological polar surface area (TPSA) is 71.5 Å². The molecule has 0 radical (unpaired) electrons. The molecule has 1 aromatic heterocycles. The lowest BCUT2D eigenvalue weighted by molar-refractivity contribution is -0.120. The lowest BCUT2D eigenvalue weighted by atomic mass is 9.98. The van der Waals surface area contributed by atoms with Gasteiger partial charge < -0.3 is 15.2 Å². The zero-order chi connectivity index (χ0) is 17.6. The summed E-state index contributed by atoms with van der Waals surface area (Å²) < 4.78 is 5.75. The summed E-state index contributed by atoms with van der Waals surface area (Å²) in [5.74, 6) is 0.648. The molecule has 1 amide bonds. The first kappa shape index (κ1) is 18.4. The maximum Gasteiger partial charge on any atom is 0.224 e. The van der Waals surface area contributed by atoms with E-state index in [9.17, 15) is 4.79 Å². The van der Waals surface area contributed by atoms with E-state index in [1.165, 1.54) is 0 Å². The molecule has 6 heteroatoms. The Hall–Kier alpha value is -1.92. The minimum Gasteiger partial charge on any atom is -0.487 e. The van der Waals surface area contributed by atoms with Gasteiger partial charge in [-0.15, -0.1) is 11.3 Å². The van der Waals surface area contributed by atoms with Gasteiger partial charge in [0.2, 0.25) is 5.91 Å². The van der Waals surface area contributed by atoms with Crippen molar-refractivity contribution in [3.05, 3.63) is 45.9 Å². The predicted molar refractivity (Wildman–Crippen MR) is 95.4 cm³/mol. The number of aromatic nitrogens is 1. The first-order chi connectivity index (χ1) is 11.4. The van der Waals surface area contributed by atoms with Gasteiger partial charge in [-0.1, -0.05) is 32.9 Å². The third-order valence-electron chi connectivity index (χ3n) is 3.30. The van der Waals surface area contributed by atoms with E-state index in [0.717, 1.165) is 22.0 Å². The van der Waals surface area contributed by atoms with Crippen LogP contribution < -0.4 is 10.1 Å².